The van der Waals surface area contributed by atoms with E-state index in [0.717, 1.165) is 5.82 Å². The van der Waals surface area contributed by atoms with Crippen molar-refractivity contribution in [1.82, 2.24) is 14.8 Å². The highest BCUT2D eigenvalue weighted by molar-refractivity contribution is 9.10. The zero-order valence-electron chi connectivity index (χ0n) is 9.99. The highest BCUT2D eigenvalue weighted by Crippen LogP contribution is 2.29. The van der Waals surface area contributed by atoms with Gasteiger partial charge in [0.2, 0.25) is 0 Å². The van der Waals surface area contributed by atoms with Gasteiger partial charge < -0.3 is 4.57 Å². The Kier molecular flexibility index (Phi) is 4.17. The summed E-state index contributed by atoms with van der Waals surface area (Å²) in [5.74, 6) is 1.03. The van der Waals surface area contributed by atoms with Crippen LogP contribution in [0.25, 0.3) is 11.4 Å². The van der Waals surface area contributed by atoms with E-state index in [4.69, 9.17) is 0 Å². The van der Waals surface area contributed by atoms with E-state index in [1.54, 1.807) is 18.2 Å². The van der Waals surface area contributed by atoms with E-state index in [1.807, 2.05) is 18.4 Å². The lowest BCUT2D eigenvalue weighted by atomic mass is 10.2. The van der Waals surface area contributed by atoms with Crippen LogP contribution in [0.5, 0.6) is 0 Å². The maximum Gasteiger partial charge on any atom is 0.167 e. The molecular weight excluding hydrogens is 365 g/mol. The molecule has 2 aromatic rings. The topological polar surface area (TPSA) is 30.7 Å². The SMILES string of the molecule is CC(C)n1c(CBr)nnc1-c1cccc(Br)c1F. The Morgan fingerprint density at radius 2 is 2.06 bits per heavy atom. The summed E-state index contributed by atoms with van der Waals surface area (Å²) in [4.78, 5) is 0. The average molecular weight is 377 g/mol. The molecule has 0 unspecified atom stereocenters. The average Bonchev–Trinajstić information content (AvgIpc) is 2.76. The Hall–Kier alpha value is -0.750. The van der Waals surface area contributed by atoms with Crippen molar-refractivity contribution >= 4 is 31.9 Å². The fourth-order valence-electron chi connectivity index (χ4n) is 1.82. The molecule has 18 heavy (non-hydrogen) atoms. The van der Waals surface area contributed by atoms with Crippen LogP contribution in [0.1, 0.15) is 25.7 Å². The molecule has 0 spiro atoms. The van der Waals surface area contributed by atoms with E-state index >= 15 is 0 Å². The molecule has 1 aromatic heterocycles. The standard InChI is InChI=1S/C12H12Br2FN3/c1-7(2)18-10(6-13)16-17-12(18)8-4-3-5-9(14)11(8)15/h3-5,7H,6H2,1-2H3. The first kappa shape index (κ1) is 13.7. The van der Waals surface area contributed by atoms with Crippen LogP contribution in [0.3, 0.4) is 0 Å². The Morgan fingerprint density at radius 3 is 2.67 bits per heavy atom. The quantitative estimate of drug-likeness (QED) is 0.746. The molecule has 0 N–H and O–H groups in total. The first-order valence-corrected chi connectivity index (χ1v) is 7.41. The zero-order chi connectivity index (χ0) is 13.3. The van der Waals surface area contributed by atoms with Gasteiger partial charge in [-0.05, 0) is 41.9 Å². The molecule has 0 aliphatic carbocycles. The number of halogens is 3. The van der Waals surface area contributed by atoms with Crippen LogP contribution >= 0.6 is 31.9 Å². The second-order valence-corrected chi connectivity index (χ2v) is 5.55. The van der Waals surface area contributed by atoms with Crippen molar-refractivity contribution in [2.24, 2.45) is 0 Å². The van der Waals surface area contributed by atoms with Gasteiger partial charge in [0, 0.05) is 6.04 Å². The molecule has 0 atom stereocenters. The van der Waals surface area contributed by atoms with Crippen LogP contribution in [-0.2, 0) is 5.33 Å². The smallest absolute Gasteiger partial charge is 0.167 e. The summed E-state index contributed by atoms with van der Waals surface area (Å²) in [6, 6.07) is 5.33. The molecule has 0 radical (unpaired) electrons. The van der Waals surface area contributed by atoms with Crippen LogP contribution in [-0.4, -0.2) is 14.8 Å². The first-order chi connectivity index (χ1) is 8.56. The minimum atomic E-state index is -0.312. The molecule has 6 heteroatoms. The van der Waals surface area contributed by atoms with Crippen molar-refractivity contribution in [3.05, 3.63) is 34.3 Å². The fourth-order valence-corrected chi connectivity index (χ4v) is 2.57. The summed E-state index contributed by atoms with van der Waals surface area (Å²) >= 11 is 6.56. The van der Waals surface area contributed by atoms with E-state index in [0.29, 0.717) is 21.2 Å². The van der Waals surface area contributed by atoms with Crippen molar-refractivity contribution < 1.29 is 4.39 Å². The number of hydrogen-bond acceptors (Lipinski definition) is 2. The molecular formula is C12H12Br2FN3. The number of rotatable bonds is 3. The highest BCUT2D eigenvalue weighted by Gasteiger charge is 2.19. The van der Waals surface area contributed by atoms with E-state index in [2.05, 4.69) is 42.1 Å². The third-order valence-corrected chi connectivity index (χ3v) is 3.71. The van der Waals surface area contributed by atoms with Gasteiger partial charge in [-0.1, -0.05) is 22.0 Å². The molecule has 1 heterocycles. The largest absolute Gasteiger partial charge is 0.308 e. The van der Waals surface area contributed by atoms with Gasteiger partial charge in [-0.15, -0.1) is 10.2 Å². The minimum absolute atomic E-state index is 0.168. The van der Waals surface area contributed by atoms with Crippen LogP contribution < -0.4 is 0 Å². The summed E-state index contributed by atoms with van der Waals surface area (Å²) in [7, 11) is 0. The van der Waals surface area contributed by atoms with Crippen molar-refractivity contribution in [2.45, 2.75) is 25.2 Å². The normalized spacial score (nSPS) is 11.2. The van der Waals surface area contributed by atoms with E-state index in [9.17, 15) is 4.39 Å². The minimum Gasteiger partial charge on any atom is -0.308 e. The molecule has 0 saturated heterocycles. The maximum absolute atomic E-state index is 14.1. The Bertz CT molecular complexity index is 566. The Balaban J connectivity index is 2.64. The Labute approximate surface area is 122 Å². The van der Waals surface area contributed by atoms with Crippen LogP contribution in [0.4, 0.5) is 4.39 Å². The number of aromatic nitrogens is 3. The number of benzene rings is 1. The summed E-state index contributed by atoms with van der Waals surface area (Å²) < 4.78 is 16.5. The van der Waals surface area contributed by atoms with Gasteiger partial charge in [0.1, 0.15) is 11.6 Å². The van der Waals surface area contributed by atoms with Crippen LogP contribution in [0.15, 0.2) is 22.7 Å². The maximum atomic E-state index is 14.1. The Morgan fingerprint density at radius 1 is 1.33 bits per heavy atom. The monoisotopic (exact) mass is 375 g/mol. The number of nitrogens with zero attached hydrogens (tertiary/aromatic N) is 3. The van der Waals surface area contributed by atoms with Gasteiger partial charge in [-0.25, -0.2) is 4.39 Å². The molecule has 0 aliphatic rings. The van der Waals surface area contributed by atoms with Gasteiger partial charge in [0.25, 0.3) is 0 Å². The van der Waals surface area contributed by atoms with Crippen molar-refractivity contribution in [1.29, 1.82) is 0 Å². The molecule has 0 amide bonds. The number of hydrogen-bond donors (Lipinski definition) is 0. The van der Waals surface area contributed by atoms with Gasteiger partial charge in [-0.3, -0.25) is 0 Å². The number of alkyl halides is 1. The third kappa shape index (κ3) is 2.36. The lowest BCUT2D eigenvalue weighted by Crippen LogP contribution is -2.07. The molecule has 0 bridgehead atoms. The van der Waals surface area contributed by atoms with E-state index < -0.39 is 0 Å². The fraction of sp³-hybridized carbons (Fsp3) is 0.333. The molecule has 0 aliphatic heterocycles. The van der Waals surface area contributed by atoms with Crippen molar-refractivity contribution in [3.63, 3.8) is 0 Å². The second kappa shape index (κ2) is 5.48. The third-order valence-electron chi connectivity index (χ3n) is 2.59. The molecule has 0 fully saturated rings. The van der Waals surface area contributed by atoms with Gasteiger partial charge in [0.15, 0.2) is 5.82 Å². The highest BCUT2D eigenvalue weighted by atomic mass is 79.9. The summed E-state index contributed by atoms with van der Waals surface area (Å²) in [5.41, 5.74) is 0.456. The molecule has 96 valence electrons. The molecule has 0 saturated carbocycles. The lowest BCUT2D eigenvalue weighted by Gasteiger charge is -2.13. The lowest BCUT2D eigenvalue weighted by molar-refractivity contribution is 0.579. The van der Waals surface area contributed by atoms with Crippen molar-refractivity contribution in [3.8, 4) is 11.4 Å². The predicted octanol–water partition coefficient (Wildman–Crippen LogP) is 4.32. The summed E-state index contributed by atoms with van der Waals surface area (Å²) in [5, 5.41) is 8.78. The van der Waals surface area contributed by atoms with E-state index in [1.165, 1.54) is 0 Å². The first-order valence-electron chi connectivity index (χ1n) is 5.50. The van der Waals surface area contributed by atoms with Gasteiger partial charge in [-0.2, -0.15) is 0 Å². The second-order valence-electron chi connectivity index (χ2n) is 4.14. The van der Waals surface area contributed by atoms with Gasteiger partial charge >= 0.3 is 0 Å². The summed E-state index contributed by atoms with van der Waals surface area (Å²) in [6.07, 6.45) is 0. The molecule has 2 rings (SSSR count). The van der Waals surface area contributed by atoms with Crippen molar-refractivity contribution in [2.75, 3.05) is 0 Å². The van der Waals surface area contributed by atoms with Gasteiger partial charge in [0.05, 0.1) is 15.4 Å². The predicted molar refractivity (Wildman–Crippen MR) is 76.1 cm³/mol. The van der Waals surface area contributed by atoms with Crippen LogP contribution in [0, 0.1) is 5.82 Å². The van der Waals surface area contributed by atoms with Crippen LogP contribution in [0.2, 0.25) is 0 Å². The molecule has 1 aromatic carbocycles. The molecule has 3 nitrogen and oxygen atoms in total. The zero-order valence-corrected chi connectivity index (χ0v) is 13.2. The van der Waals surface area contributed by atoms with E-state index in [-0.39, 0.29) is 11.9 Å². The summed E-state index contributed by atoms with van der Waals surface area (Å²) in [6.45, 7) is 4.05.